The summed E-state index contributed by atoms with van der Waals surface area (Å²) in [7, 11) is 0. The van der Waals surface area contributed by atoms with E-state index in [4.69, 9.17) is 5.26 Å². The fourth-order valence-electron chi connectivity index (χ4n) is 1.72. The Balaban J connectivity index is 1.79. The zero-order valence-electron chi connectivity index (χ0n) is 11.2. The molecule has 5 heteroatoms. The first-order valence-corrected chi connectivity index (χ1v) is 7.45. The number of anilines is 1. The van der Waals surface area contributed by atoms with Gasteiger partial charge in [0.15, 0.2) is 0 Å². The molecule has 0 fully saturated rings. The highest BCUT2D eigenvalue weighted by Gasteiger charge is 2.03. The average Bonchev–Trinajstić information content (AvgIpc) is 2.50. The Hall–Kier alpha value is -2.32. The van der Waals surface area contributed by atoms with Crippen LogP contribution >= 0.6 is 11.8 Å². The third-order valence-electron chi connectivity index (χ3n) is 2.69. The first-order chi connectivity index (χ1) is 10.2. The van der Waals surface area contributed by atoms with Crippen LogP contribution < -0.4 is 5.32 Å². The van der Waals surface area contributed by atoms with Crippen molar-refractivity contribution in [1.29, 1.82) is 5.26 Å². The largest absolute Gasteiger partial charge is 0.325 e. The number of nitrogens with zero attached hydrogens (tertiary/aromatic N) is 1. The number of amides is 1. The number of hydrogen-bond acceptors (Lipinski definition) is 3. The molecule has 3 nitrogen and oxygen atoms in total. The number of carbonyl (C=O) groups is 1. The maximum absolute atomic E-state index is 12.7. The molecule has 0 saturated carbocycles. The molecule has 0 atom stereocenters. The Bertz CT molecular complexity index is 665. The van der Waals surface area contributed by atoms with Crippen molar-refractivity contribution in [3.63, 3.8) is 0 Å². The fourth-order valence-corrected chi connectivity index (χ4v) is 2.50. The summed E-state index contributed by atoms with van der Waals surface area (Å²) in [5, 5.41) is 11.5. The van der Waals surface area contributed by atoms with Crippen LogP contribution in [0, 0.1) is 17.1 Å². The lowest BCUT2D eigenvalue weighted by atomic mass is 10.2. The summed E-state index contributed by atoms with van der Waals surface area (Å²) >= 11 is 1.46. The van der Waals surface area contributed by atoms with Crippen molar-refractivity contribution in [3.05, 3.63) is 65.5 Å². The molecule has 0 aliphatic rings. The van der Waals surface area contributed by atoms with Crippen molar-refractivity contribution in [2.45, 2.75) is 5.75 Å². The maximum Gasteiger partial charge on any atom is 0.234 e. The number of thioether (sulfide) groups is 1. The van der Waals surface area contributed by atoms with Gasteiger partial charge in [-0.25, -0.2) is 4.39 Å². The highest BCUT2D eigenvalue weighted by Crippen LogP contribution is 2.14. The van der Waals surface area contributed by atoms with E-state index in [1.807, 2.05) is 18.2 Å². The highest BCUT2D eigenvalue weighted by atomic mass is 32.2. The van der Waals surface area contributed by atoms with Gasteiger partial charge in [0.05, 0.1) is 17.4 Å². The molecule has 2 aromatic carbocycles. The van der Waals surface area contributed by atoms with Crippen LogP contribution in [0.3, 0.4) is 0 Å². The van der Waals surface area contributed by atoms with Gasteiger partial charge in [0.2, 0.25) is 5.91 Å². The van der Waals surface area contributed by atoms with Gasteiger partial charge in [0.25, 0.3) is 0 Å². The fraction of sp³-hybridized carbons (Fsp3) is 0.125. The predicted octanol–water partition coefficient (Wildman–Crippen LogP) is 3.57. The van der Waals surface area contributed by atoms with Crippen LogP contribution in [0.25, 0.3) is 0 Å². The monoisotopic (exact) mass is 300 g/mol. The molecule has 21 heavy (non-hydrogen) atoms. The van der Waals surface area contributed by atoms with Crippen LogP contribution in [-0.4, -0.2) is 11.7 Å². The molecule has 0 aliphatic carbocycles. The smallest absolute Gasteiger partial charge is 0.234 e. The van der Waals surface area contributed by atoms with Gasteiger partial charge in [-0.2, -0.15) is 5.26 Å². The molecule has 2 aromatic rings. The second-order valence-electron chi connectivity index (χ2n) is 4.36. The van der Waals surface area contributed by atoms with Crippen molar-refractivity contribution >= 4 is 23.4 Å². The van der Waals surface area contributed by atoms with E-state index in [-0.39, 0.29) is 11.7 Å². The maximum atomic E-state index is 12.7. The van der Waals surface area contributed by atoms with Crippen LogP contribution in [0.4, 0.5) is 10.1 Å². The molecule has 0 aliphatic heterocycles. The first kappa shape index (κ1) is 15.1. The number of carbonyl (C=O) groups excluding carboxylic acids is 1. The standard InChI is InChI=1S/C16H13FN2OS/c17-14-4-6-15(7-5-14)19-16(20)11-21-10-13-3-1-2-12(8-13)9-18/h1-8H,10-11H2,(H,19,20). The van der Waals surface area contributed by atoms with Crippen molar-refractivity contribution in [1.82, 2.24) is 0 Å². The van der Waals surface area contributed by atoms with Gasteiger partial charge in [-0.1, -0.05) is 12.1 Å². The van der Waals surface area contributed by atoms with Crippen LogP contribution in [-0.2, 0) is 10.5 Å². The molecule has 2 rings (SSSR count). The van der Waals surface area contributed by atoms with E-state index in [1.165, 1.54) is 36.0 Å². The molecule has 0 radical (unpaired) electrons. The molecule has 0 aromatic heterocycles. The summed E-state index contributed by atoms with van der Waals surface area (Å²) in [5.41, 5.74) is 2.20. The first-order valence-electron chi connectivity index (χ1n) is 6.29. The lowest BCUT2D eigenvalue weighted by Crippen LogP contribution is -2.14. The molecule has 0 spiro atoms. The third kappa shape index (κ3) is 4.93. The Morgan fingerprint density at radius 3 is 2.71 bits per heavy atom. The Morgan fingerprint density at radius 2 is 2.00 bits per heavy atom. The van der Waals surface area contributed by atoms with Gasteiger partial charge >= 0.3 is 0 Å². The van der Waals surface area contributed by atoms with Crippen molar-refractivity contribution in [3.8, 4) is 6.07 Å². The summed E-state index contributed by atoms with van der Waals surface area (Å²) in [6.45, 7) is 0. The van der Waals surface area contributed by atoms with E-state index in [2.05, 4.69) is 11.4 Å². The number of nitrogens with one attached hydrogen (secondary N) is 1. The average molecular weight is 300 g/mol. The minimum atomic E-state index is -0.334. The van der Waals surface area contributed by atoms with Crippen molar-refractivity contribution in [2.24, 2.45) is 0 Å². The molecule has 1 N–H and O–H groups in total. The summed E-state index contributed by atoms with van der Waals surface area (Å²) < 4.78 is 12.7. The lowest BCUT2D eigenvalue weighted by molar-refractivity contribution is -0.113. The zero-order chi connectivity index (χ0) is 15.1. The summed E-state index contributed by atoms with van der Waals surface area (Å²) in [6.07, 6.45) is 0. The number of halogens is 1. The molecule has 1 amide bonds. The number of hydrogen-bond donors (Lipinski definition) is 1. The normalized spacial score (nSPS) is 9.90. The van der Waals surface area contributed by atoms with Gasteiger partial charge < -0.3 is 5.32 Å². The van der Waals surface area contributed by atoms with E-state index in [0.29, 0.717) is 22.8 Å². The minimum Gasteiger partial charge on any atom is -0.325 e. The van der Waals surface area contributed by atoms with Crippen LogP contribution in [0.1, 0.15) is 11.1 Å². The van der Waals surface area contributed by atoms with Gasteiger partial charge in [0.1, 0.15) is 5.82 Å². The Kier molecular flexibility index (Phi) is 5.35. The van der Waals surface area contributed by atoms with Gasteiger partial charge in [-0.05, 0) is 42.0 Å². The number of nitriles is 1. The zero-order valence-corrected chi connectivity index (χ0v) is 12.0. The minimum absolute atomic E-state index is 0.136. The SMILES string of the molecule is N#Cc1cccc(CSCC(=O)Nc2ccc(F)cc2)c1. The Morgan fingerprint density at radius 1 is 1.24 bits per heavy atom. The van der Waals surface area contributed by atoms with Crippen molar-refractivity contribution in [2.75, 3.05) is 11.1 Å². The molecule has 0 heterocycles. The van der Waals surface area contributed by atoms with Gasteiger partial charge in [0, 0.05) is 11.4 Å². The summed E-state index contributed by atoms with van der Waals surface area (Å²) in [5.74, 6) is 0.489. The van der Waals surface area contributed by atoms with E-state index < -0.39 is 0 Å². The number of rotatable bonds is 5. The second kappa shape index (κ2) is 7.46. The van der Waals surface area contributed by atoms with Crippen LogP contribution in [0.15, 0.2) is 48.5 Å². The van der Waals surface area contributed by atoms with E-state index in [9.17, 15) is 9.18 Å². The molecular weight excluding hydrogens is 287 g/mol. The second-order valence-corrected chi connectivity index (χ2v) is 5.35. The molecule has 0 bridgehead atoms. The van der Waals surface area contributed by atoms with Gasteiger partial charge in [-0.15, -0.1) is 11.8 Å². The molecule has 0 saturated heterocycles. The topological polar surface area (TPSA) is 52.9 Å². The summed E-state index contributed by atoms with van der Waals surface area (Å²) in [4.78, 5) is 11.7. The van der Waals surface area contributed by atoms with Crippen LogP contribution in [0.2, 0.25) is 0 Å². The number of benzene rings is 2. The molecular formula is C16H13FN2OS. The van der Waals surface area contributed by atoms with E-state index >= 15 is 0 Å². The highest BCUT2D eigenvalue weighted by molar-refractivity contribution is 7.99. The van der Waals surface area contributed by atoms with E-state index in [1.54, 1.807) is 6.07 Å². The van der Waals surface area contributed by atoms with Crippen molar-refractivity contribution < 1.29 is 9.18 Å². The quantitative estimate of drug-likeness (QED) is 0.918. The molecule has 106 valence electrons. The predicted molar refractivity (Wildman–Crippen MR) is 82.3 cm³/mol. The van der Waals surface area contributed by atoms with Gasteiger partial charge in [-0.3, -0.25) is 4.79 Å². The lowest BCUT2D eigenvalue weighted by Gasteiger charge is -2.05. The molecule has 0 unspecified atom stereocenters. The third-order valence-corrected chi connectivity index (χ3v) is 3.69. The summed E-state index contributed by atoms with van der Waals surface area (Å²) in [6, 6.07) is 15.0. The van der Waals surface area contributed by atoms with E-state index in [0.717, 1.165) is 5.56 Å². The van der Waals surface area contributed by atoms with Crippen LogP contribution in [0.5, 0.6) is 0 Å². The Labute approximate surface area is 126 Å².